The molecule has 0 radical (unpaired) electrons. The lowest BCUT2D eigenvalue weighted by Crippen LogP contribution is -2.35. The monoisotopic (exact) mass is 380 g/mol. The summed E-state index contributed by atoms with van der Waals surface area (Å²) in [7, 11) is 1.65. The molecule has 0 saturated heterocycles. The van der Waals surface area contributed by atoms with Crippen molar-refractivity contribution < 1.29 is 9.18 Å². The van der Waals surface area contributed by atoms with Crippen LogP contribution in [0.15, 0.2) is 53.3 Å². The average molecular weight is 380 g/mol. The number of nitrogens with one attached hydrogen (secondary N) is 1. The number of halogens is 1. The van der Waals surface area contributed by atoms with Gasteiger partial charge in [0.05, 0.1) is 0 Å². The fraction of sp³-hybridized carbons (Fsp3) is 0.286. The van der Waals surface area contributed by atoms with E-state index in [1.807, 2.05) is 0 Å². The van der Waals surface area contributed by atoms with E-state index in [1.165, 1.54) is 10.7 Å². The van der Waals surface area contributed by atoms with Gasteiger partial charge < -0.3 is 5.32 Å². The molecular weight excluding hydrogens is 359 g/mol. The molecule has 4 rings (SSSR count). The summed E-state index contributed by atoms with van der Waals surface area (Å²) >= 11 is 0. The number of fused-ring (bicyclic) bond motifs is 1. The summed E-state index contributed by atoms with van der Waals surface area (Å²) in [6.07, 6.45) is 2.06. The molecule has 7 heteroatoms. The van der Waals surface area contributed by atoms with Crippen LogP contribution in [-0.2, 0) is 20.0 Å². The molecule has 2 aromatic carbocycles. The smallest absolute Gasteiger partial charge is 0.345 e. The van der Waals surface area contributed by atoms with Crippen molar-refractivity contribution in [1.82, 2.24) is 19.7 Å². The Morgan fingerprint density at radius 2 is 1.89 bits per heavy atom. The van der Waals surface area contributed by atoms with Crippen molar-refractivity contribution in [3.8, 4) is 11.1 Å². The summed E-state index contributed by atoms with van der Waals surface area (Å²) < 4.78 is 16.9. The molecule has 1 atom stereocenters. The fourth-order valence-corrected chi connectivity index (χ4v) is 3.61. The van der Waals surface area contributed by atoms with Gasteiger partial charge in [-0.3, -0.25) is 9.36 Å². The number of carbonyl (C=O) groups is 1. The third kappa shape index (κ3) is 3.47. The highest BCUT2D eigenvalue weighted by Crippen LogP contribution is 2.23. The zero-order chi connectivity index (χ0) is 19.7. The second-order valence-electron chi connectivity index (χ2n) is 7.03. The summed E-state index contributed by atoms with van der Waals surface area (Å²) in [4.78, 5) is 24.6. The van der Waals surface area contributed by atoms with E-state index in [2.05, 4.69) is 10.4 Å². The van der Waals surface area contributed by atoms with Gasteiger partial charge in [0.1, 0.15) is 11.6 Å². The minimum absolute atomic E-state index is 0.0230. The van der Waals surface area contributed by atoms with Crippen molar-refractivity contribution in [2.24, 2.45) is 7.05 Å². The quantitative estimate of drug-likeness (QED) is 0.759. The first-order valence-corrected chi connectivity index (χ1v) is 9.31. The standard InChI is InChI=1S/C21H21FN4O2/c1-25-21(28)26-13-12-16(10-11-19(26)24-25)23-20(27)15-8-6-14(7-9-15)17-4-2-3-5-18(17)22/h2-9,16H,10-13H2,1H3,(H,23,27). The molecule has 1 aliphatic heterocycles. The highest BCUT2D eigenvalue weighted by atomic mass is 19.1. The minimum Gasteiger partial charge on any atom is -0.349 e. The van der Waals surface area contributed by atoms with Crippen molar-refractivity contribution in [2.75, 3.05) is 0 Å². The molecule has 1 amide bonds. The third-order valence-electron chi connectivity index (χ3n) is 5.17. The molecule has 2 heterocycles. The van der Waals surface area contributed by atoms with Gasteiger partial charge in [0.25, 0.3) is 5.91 Å². The summed E-state index contributed by atoms with van der Waals surface area (Å²) in [5.41, 5.74) is 1.64. The number of hydrogen-bond acceptors (Lipinski definition) is 3. The van der Waals surface area contributed by atoms with Crippen LogP contribution in [0.4, 0.5) is 4.39 Å². The van der Waals surface area contributed by atoms with Gasteiger partial charge in [-0.15, -0.1) is 0 Å². The number of amides is 1. The van der Waals surface area contributed by atoms with Crippen molar-refractivity contribution in [2.45, 2.75) is 31.8 Å². The van der Waals surface area contributed by atoms with Gasteiger partial charge in [-0.1, -0.05) is 30.3 Å². The Morgan fingerprint density at radius 1 is 1.14 bits per heavy atom. The van der Waals surface area contributed by atoms with E-state index in [-0.39, 0.29) is 23.5 Å². The van der Waals surface area contributed by atoms with Gasteiger partial charge in [-0.25, -0.2) is 13.9 Å². The lowest BCUT2D eigenvalue weighted by Gasteiger charge is -2.16. The second-order valence-corrected chi connectivity index (χ2v) is 7.03. The van der Waals surface area contributed by atoms with Crippen molar-refractivity contribution >= 4 is 5.91 Å². The maximum atomic E-state index is 13.9. The number of carbonyl (C=O) groups excluding carboxylic acids is 1. The van der Waals surface area contributed by atoms with E-state index in [0.29, 0.717) is 30.5 Å². The van der Waals surface area contributed by atoms with Crippen LogP contribution in [0.25, 0.3) is 11.1 Å². The largest absolute Gasteiger partial charge is 0.349 e. The maximum Gasteiger partial charge on any atom is 0.345 e. The number of aromatic nitrogens is 3. The SMILES string of the molecule is Cn1nc2n(c1=O)CCC(NC(=O)c1ccc(-c3ccccc3F)cc1)CC2. The molecular formula is C21H21FN4O2. The van der Waals surface area contributed by atoms with Gasteiger partial charge in [-0.05, 0) is 36.6 Å². The fourth-order valence-electron chi connectivity index (χ4n) is 3.61. The summed E-state index contributed by atoms with van der Waals surface area (Å²) in [6.45, 7) is 0.541. The van der Waals surface area contributed by atoms with Gasteiger partial charge in [-0.2, -0.15) is 5.10 Å². The van der Waals surface area contributed by atoms with Crippen LogP contribution in [0.1, 0.15) is 29.0 Å². The van der Waals surface area contributed by atoms with E-state index < -0.39 is 0 Å². The lowest BCUT2D eigenvalue weighted by atomic mass is 10.0. The molecule has 6 nitrogen and oxygen atoms in total. The minimum atomic E-state index is -0.290. The molecule has 0 fully saturated rings. The molecule has 0 spiro atoms. The van der Waals surface area contributed by atoms with Gasteiger partial charge in [0.2, 0.25) is 0 Å². The normalized spacial score (nSPS) is 16.3. The summed E-state index contributed by atoms with van der Waals surface area (Å²) in [5.74, 6) is 0.304. The Bertz CT molecular complexity index is 1070. The molecule has 0 saturated carbocycles. The molecule has 28 heavy (non-hydrogen) atoms. The van der Waals surface area contributed by atoms with Crippen LogP contribution in [-0.4, -0.2) is 26.3 Å². The first-order chi connectivity index (χ1) is 13.5. The van der Waals surface area contributed by atoms with E-state index in [9.17, 15) is 14.0 Å². The molecule has 1 N–H and O–H groups in total. The highest BCUT2D eigenvalue weighted by molar-refractivity contribution is 5.94. The Kier molecular flexibility index (Phi) is 4.81. The molecule has 0 aliphatic carbocycles. The number of aryl methyl sites for hydroxylation is 2. The van der Waals surface area contributed by atoms with Crippen LogP contribution < -0.4 is 11.0 Å². The Balaban J connectivity index is 1.43. The predicted octanol–water partition coefficient (Wildman–Crippen LogP) is 2.52. The van der Waals surface area contributed by atoms with E-state index in [4.69, 9.17) is 0 Å². The average Bonchev–Trinajstić information content (AvgIpc) is 2.85. The Morgan fingerprint density at radius 3 is 2.64 bits per heavy atom. The predicted molar refractivity (Wildman–Crippen MR) is 103 cm³/mol. The first-order valence-electron chi connectivity index (χ1n) is 9.31. The topological polar surface area (TPSA) is 68.9 Å². The van der Waals surface area contributed by atoms with Gasteiger partial charge in [0.15, 0.2) is 0 Å². The van der Waals surface area contributed by atoms with Crippen LogP contribution >= 0.6 is 0 Å². The lowest BCUT2D eigenvalue weighted by molar-refractivity contribution is 0.0933. The molecule has 144 valence electrons. The van der Waals surface area contributed by atoms with Crippen molar-refractivity contribution in [1.29, 1.82) is 0 Å². The zero-order valence-electron chi connectivity index (χ0n) is 15.6. The molecule has 1 aliphatic rings. The highest BCUT2D eigenvalue weighted by Gasteiger charge is 2.21. The Labute approximate surface area is 161 Å². The maximum absolute atomic E-state index is 13.9. The van der Waals surface area contributed by atoms with Crippen LogP contribution in [0.2, 0.25) is 0 Å². The number of benzene rings is 2. The van der Waals surface area contributed by atoms with Crippen LogP contribution in [0, 0.1) is 5.82 Å². The second kappa shape index (κ2) is 7.42. The van der Waals surface area contributed by atoms with E-state index >= 15 is 0 Å². The van der Waals surface area contributed by atoms with Crippen LogP contribution in [0.3, 0.4) is 0 Å². The first kappa shape index (κ1) is 18.2. The van der Waals surface area contributed by atoms with E-state index in [0.717, 1.165) is 17.8 Å². The number of rotatable bonds is 3. The third-order valence-corrected chi connectivity index (χ3v) is 5.17. The zero-order valence-corrected chi connectivity index (χ0v) is 15.6. The van der Waals surface area contributed by atoms with Gasteiger partial charge in [0, 0.05) is 37.2 Å². The summed E-state index contributed by atoms with van der Waals surface area (Å²) in [5, 5.41) is 7.29. The van der Waals surface area contributed by atoms with Crippen molar-refractivity contribution in [3.63, 3.8) is 0 Å². The van der Waals surface area contributed by atoms with Crippen molar-refractivity contribution in [3.05, 3.63) is 76.2 Å². The Hall–Kier alpha value is -3.22. The molecule has 3 aromatic rings. The van der Waals surface area contributed by atoms with E-state index in [1.54, 1.807) is 54.1 Å². The number of nitrogens with zero attached hydrogens (tertiary/aromatic N) is 3. The van der Waals surface area contributed by atoms with Crippen LogP contribution in [0.5, 0.6) is 0 Å². The number of hydrogen-bond donors (Lipinski definition) is 1. The molecule has 1 aromatic heterocycles. The summed E-state index contributed by atoms with van der Waals surface area (Å²) in [6, 6.07) is 13.4. The molecule has 0 bridgehead atoms. The van der Waals surface area contributed by atoms with Gasteiger partial charge >= 0.3 is 5.69 Å². The molecule has 1 unspecified atom stereocenters.